The van der Waals surface area contributed by atoms with Gasteiger partial charge in [-0.2, -0.15) is 0 Å². The van der Waals surface area contributed by atoms with Crippen molar-refractivity contribution in [1.29, 1.82) is 0 Å². The molecule has 1 N–H and O–H groups in total. The Bertz CT molecular complexity index is 1020. The Morgan fingerprint density at radius 2 is 1.81 bits per heavy atom. The van der Waals surface area contributed by atoms with Crippen LogP contribution in [0.3, 0.4) is 0 Å². The molecule has 0 aliphatic rings. The van der Waals surface area contributed by atoms with E-state index < -0.39 is 0 Å². The van der Waals surface area contributed by atoms with E-state index in [-0.39, 0.29) is 17.4 Å². The third kappa shape index (κ3) is 3.54. The molecule has 2 aromatic carbocycles. The molecular formula is C22H23NO3. The zero-order valence-corrected chi connectivity index (χ0v) is 15.6. The summed E-state index contributed by atoms with van der Waals surface area (Å²) in [5.41, 5.74) is 3.87. The summed E-state index contributed by atoms with van der Waals surface area (Å²) in [6.45, 7) is 7.90. The van der Waals surface area contributed by atoms with Crippen molar-refractivity contribution in [3.05, 3.63) is 69.4 Å². The van der Waals surface area contributed by atoms with Gasteiger partial charge >= 0.3 is 0 Å². The third-order valence-corrected chi connectivity index (χ3v) is 4.58. The zero-order valence-electron chi connectivity index (χ0n) is 15.6. The Morgan fingerprint density at radius 1 is 1.12 bits per heavy atom. The average molecular weight is 349 g/mol. The highest BCUT2D eigenvalue weighted by Gasteiger charge is 2.12. The molecule has 4 nitrogen and oxygen atoms in total. The quantitative estimate of drug-likeness (QED) is 0.748. The Hall–Kier alpha value is -2.88. The molecule has 1 heterocycles. The molecule has 134 valence electrons. The lowest BCUT2D eigenvalue weighted by Gasteiger charge is -2.11. The molecule has 0 saturated heterocycles. The van der Waals surface area contributed by atoms with Crippen molar-refractivity contribution in [3.8, 4) is 11.3 Å². The van der Waals surface area contributed by atoms with Crippen molar-refractivity contribution in [2.45, 2.75) is 40.2 Å². The second-order valence-electron chi connectivity index (χ2n) is 6.79. The largest absolute Gasteiger partial charge is 0.456 e. The van der Waals surface area contributed by atoms with E-state index in [0.29, 0.717) is 22.3 Å². The van der Waals surface area contributed by atoms with Crippen molar-refractivity contribution >= 4 is 16.9 Å². The zero-order chi connectivity index (χ0) is 18.8. The van der Waals surface area contributed by atoms with Gasteiger partial charge in [-0.25, -0.2) is 0 Å². The Kier molecular flexibility index (Phi) is 4.94. The van der Waals surface area contributed by atoms with Crippen LogP contribution in [-0.2, 0) is 0 Å². The van der Waals surface area contributed by atoms with Crippen molar-refractivity contribution in [3.63, 3.8) is 0 Å². The molecule has 1 amide bonds. The normalized spacial score (nSPS) is 12.2. The van der Waals surface area contributed by atoms with Crippen LogP contribution in [0.2, 0.25) is 0 Å². The molecule has 0 saturated carbocycles. The van der Waals surface area contributed by atoms with Gasteiger partial charge < -0.3 is 9.73 Å². The van der Waals surface area contributed by atoms with E-state index in [2.05, 4.69) is 5.32 Å². The third-order valence-electron chi connectivity index (χ3n) is 4.58. The standard InChI is InChI=1S/C22H23NO3/c1-5-15(4)23-22(25)17-8-6-16(7-9-17)20-12-19(24)18-11-13(2)10-14(3)21(18)26-20/h6-12,15H,5H2,1-4H3,(H,23,25). The van der Waals surface area contributed by atoms with Gasteiger partial charge in [-0.15, -0.1) is 0 Å². The van der Waals surface area contributed by atoms with Gasteiger partial charge in [0.05, 0.1) is 5.39 Å². The van der Waals surface area contributed by atoms with Crippen LogP contribution in [0.1, 0.15) is 41.8 Å². The first-order chi connectivity index (χ1) is 12.4. The number of carbonyl (C=O) groups is 1. The summed E-state index contributed by atoms with van der Waals surface area (Å²) >= 11 is 0. The molecule has 4 heteroatoms. The minimum absolute atomic E-state index is 0.0633. The maximum atomic E-state index is 12.5. The topological polar surface area (TPSA) is 59.3 Å². The molecule has 26 heavy (non-hydrogen) atoms. The van der Waals surface area contributed by atoms with Gasteiger partial charge in [0.1, 0.15) is 11.3 Å². The highest BCUT2D eigenvalue weighted by molar-refractivity contribution is 5.94. The van der Waals surface area contributed by atoms with Crippen LogP contribution in [0, 0.1) is 13.8 Å². The monoisotopic (exact) mass is 349 g/mol. The first kappa shape index (κ1) is 17.9. The predicted molar refractivity (Wildman–Crippen MR) is 105 cm³/mol. The maximum absolute atomic E-state index is 12.5. The van der Waals surface area contributed by atoms with E-state index in [1.54, 1.807) is 24.3 Å². The van der Waals surface area contributed by atoms with E-state index in [0.717, 1.165) is 23.1 Å². The Labute approximate surface area is 152 Å². The van der Waals surface area contributed by atoms with Gasteiger partial charge in [-0.3, -0.25) is 9.59 Å². The van der Waals surface area contributed by atoms with Gasteiger partial charge in [0, 0.05) is 23.2 Å². The molecule has 1 unspecified atom stereocenters. The summed E-state index contributed by atoms with van der Waals surface area (Å²) in [6.07, 6.45) is 0.880. The van der Waals surface area contributed by atoms with Crippen LogP contribution < -0.4 is 10.7 Å². The number of fused-ring (bicyclic) bond motifs is 1. The fourth-order valence-electron chi connectivity index (χ4n) is 2.95. The van der Waals surface area contributed by atoms with Crippen LogP contribution in [0.4, 0.5) is 0 Å². The van der Waals surface area contributed by atoms with Gasteiger partial charge in [-0.05, 0) is 56.5 Å². The molecule has 3 rings (SSSR count). The Balaban J connectivity index is 1.97. The molecule has 0 radical (unpaired) electrons. The second kappa shape index (κ2) is 7.16. The summed E-state index contributed by atoms with van der Waals surface area (Å²) in [5, 5.41) is 3.53. The fourth-order valence-corrected chi connectivity index (χ4v) is 2.95. The summed E-state index contributed by atoms with van der Waals surface area (Å²) in [4.78, 5) is 24.7. The van der Waals surface area contributed by atoms with Crippen LogP contribution in [0.25, 0.3) is 22.3 Å². The number of amides is 1. The van der Waals surface area contributed by atoms with Crippen LogP contribution in [0.15, 0.2) is 51.7 Å². The van der Waals surface area contributed by atoms with Crippen LogP contribution >= 0.6 is 0 Å². The van der Waals surface area contributed by atoms with Gasteiger partial charge in [-0.1, -0.05) is 25.1 Å². The highest BCUT2D eigenvalue weighted by Crippen LogP contribution is 2.25. The maximum Gasteiger partial charge on any atom is 0.251 e. The second-order valence-corrected chi connectivity index (χ2v) is 6.79. The molecule has 0 fully saturated rings. The number of aryl methyl sites for hydroxylation is 2. The van der Waals surface area contributed by atoms with Gasteiger partial charge in [0.2, 0.25) is 0 Å². The smallest absolute Gasteiger partial charge is 0.251 e. The van der Waals surface area contributed by atoms with E-state index >= 15 is 0 Å². The molecule has 1 aromatic heterocycles. The number of benzene rings is 2. The van der Waals surface area contributed by atoms with Crippen molar-refractivity contribution in [2.75, 3.05) is 0 Å². The lowest BCUT2D eigenvalue weighted by atomic mass is 10.1. The van der Waals surface area contributed by atoms with Crippen molar-refractivity contribution in [2.24, 2.45) is 0 Å². The van der Waals surface area contributed by atoms with Gasteiger partial charge in [0.15, 0.2) is 5.43 Å². The van der Waals surface area contributed by atoms with Crippen LogP contribution in [-0.4, -0.2) is 11.9 Å². The summed E-state index contributed by atoms with van der Waals surface area (Å²) < 4.78 is 6.00. The number of nitrogens with one attached hydrogen (secondary N) is 1. The molecule has 0 spiro atoms. The number of carbonyl (C=O) groups excluding carboxylic acids is 1. The molecule has 0 aliphatic heterocycles. The first-order valence-electron chi connectivity index (χ1n) is 8.85. The lowest BCUT2D eigenvalue weighted by molar-refractivity contribution is 0.0939. The minimum atomic E-state index is -0.0998. The number of hydrogen-bond acceptors (Lipinski definition) is 3. The lowest BCUT2D eigenvalue weighted by Crippen LogP contribution is -2.31. The molecular weight excluding hydrogens is 326 g/mol. The van der Waals surface area contributed by atoms with E-state index in [1.165, 1.54) is 6.07 Å². The SMILES string of the molecule is CCC(C)NC(=O)c1ccc(-c2cc(=O)c3cc(C)cc(C)c3o2)cc1. The van der Waals surface area contributed by atoms with Gasteiger partial charge in [0.25, 0.3) is 5.91 Å². The Morgan fingerprint density at radius 3 is 2.46 bits per heavy atom. The predicted octanol–water partition coefficient (Wildman–Crippen LogP) is 4.61. The summed E-state index contributed by atoms with van der Waals surface area (Å²) in [5.74, 6) is 0.403. The number of rotatable bonds is 4. The first-order valence-corrected chi connectivity index (χ1v) is 8.85. The molecule has 0 aliphatic carbocycles. The van der Waals surface area contributed by atoms with Crippen LogP contribution in [0.5, 0.6) is 0 Å². The van der Waals surface area contributed by atoms with E-state index in [1.807, 2.05) is 39.8 Å². The molecule has 1 atom stereocenters. The highest BCUT2D eigenvalue weighted by atomic mass is 16.3. The molecule has 0 bridgehead atoms. The molecule has 3 aromatic rings. The van der Waals surface area contributed by atoms with E-state index in [4.69, 9.17) is 4.42 Å². The summed E-state index contributed by atoms with van der Waals surface area (Å²) in [6, 6.07) is 12.6. The fraction of sp³-hybridized carbons (Fsp3) is 0.273. The number of hydrogen-bond donors (Lipinski definition) is 1. The van der Waals surface area contributed by atoms with Crippen molar-refractivity contribution in [1.82, 2.24) is 5.32 Å². The van der Waals surface area contributed by atoms with E-state index in [9.17, 15) is 9.59 Å². The average Bonchev–Trinajstić information content (AvgIpc) is 2.62. The summed E-state index contributed by atoms with van der Waals surface area (Å²) in [7, 11) is 0. The van der Waals surface area contributed by atoms with Crippen molar-refractivity contribution < 1.29 is 9.21 Å². The minimum Gasteiger partial charge on any atom is -0.456 e.